The lowest BCUT2D eigenvalue weighted by Crippen LogP contribution is -1.82. The van der Waals surface area contributed by atoms with Crippen molar-refractivity contribution in [3.63, 3.8) is 0 Å². The van der Waals surface area contributed by atoms with Crippen molar-refractivity contribution in [3.05, 3.63) is 74.7 Å². The van der Waals surface area contributed by atoms with E-state index in [-0.39, 0.29) is 5.75 Å². The minimum Gasteiger partial charge on any atom is -0.507 e. The van der Waals surface area contributed by atoms with Gasteiger partial charge in [0.15, 0.2) is 5.58 Å². The fourth-order valence-electron chi connectivity index (χ4n) is 2.55. The standard InChI is InChI=1S/C20H11BrCl2N2O2/c21-12-4-6-17(26)11(8-12)10-24-13-5-7-18-16(9-13)25-20(27-18)14-2-1-3-15(22)19(14)23/h1-10,26H. The predicted molar refractivity (Wildman–Crippen MR) is 113 cm³/mol. The van der Waals surface area contributed by atoms with E-state index < -0.39 is 0 Å². The van der Waals surface area contributed by atoms with Crippen LogP contribution in [-0.4, -0.2) is 16.3 Å². The molecule has 0 bridgehead atoms. The van der Waals surface area contributed by atoms with Gasteiger partial charge in [-0.2, -0.15) is 0 Å². The van der Waals surface area contributed by atoms with Crippen LogP contribution < -0.4 is 0 Å². The fraction of sp³-hybridized carbons (Fsp3) is 0. The van der Waals surface area contributed by atoms with Crippen molar-refractivity contribution in [1.82, 2.24) is 4.98 Å². The van der Waals surface area contributed by atoms with Gasteiger partial charge in [0.25, 0.3) is 0 Å². The maximum Gasteiger partial charge on any atom is 0.228 e. The van der Waals surface area contributed by atoms with Gasteiger partial charge >= 0.3 is 0 Å². The van der Waals surface area contributed by atoms with Crippen LogP contribution in [0.1, 0.15) is 5.56 Å². The van der Waals surface area contributed by atoms with Crippen LogP contribution in [0.3, 0.4) is 0 Å². The summed E-state index contributed by atoms with van der Waals surface area (Å²) < 4.78 is 6.65. The van der Waals surface area contributed by atoms with Gasteiger partial charge in [0.2, 0.25) is 5.89 Å². The molecule has 0 atom stereocenters. The van der Waals surface area contributed by atoms with Crippen LogP contribution in [0.2, 0.25) is 10.0 Å². The molecule has 4 nitrogen and oxygen atoms in total. The Morgan fingerprint density at radius 1 is 1.07 bits per heavy atom. The first-order valence-corrected chi connectivity index (χ1v) is 9.44. The topological polar surface area (TPSA) is 58.6 Å². The maximum absolute atomic E-state index is 9.90. The number of halogens is 3. The van der Waals surface area contributed by atoms with Crippen molar-refractivity contribution >= 4 is 62.1 Å². The van der Waals surface area contributed by atoms with E-state index in [2.05, 4.69) is 25.9 Å². The summed E-state index contributed by atoms with van der Waals surface area (Å²) in [5, 5.41) is 10.7. The normalized spacial score (nSPS) is 11.5. The van der Waals surface area contributed by atoms with Crippen molar-refractivity contribution in [2.45, 2.75) is 0 Å². The van der Waals surface area contributed by atoms with Gasteiger partial charge in [0, 0.05) is 16.3 Å². The zero-order valence-corrected chi connectivity index (χ0v) is 16.8. The number of fused-ring (bicyclic) bond motifs is 1. The smallest absolute Gasteiger partial charge is 0.228 e. The Labute approximate surface area is 173 Å². The molecule has 0 spiro atoms. The molecule has 1 N–H and O–H groups in total. The van der Waals surface area contributed by atoms with E-state index in [1.807, 2.05) is 6.07 Å². The second-order valence-corrected chi connectivity index (χ2v) is 7.43. The van der Waals surface area contributed by atoms with Gasteiger partial charge in [0.05, 0.1) is 21.3 Å². The van der Waals surface area contributed by atoms with Gasteiger partial charge in [-0.25, -0.2) is 4.98 Å². The van der Waals surface area contributed by atoms with Crippen molar-refractivity contribution in [2.24, 2.45) is 4.99 Å². The van der Waals surface area contributed by atoms with Gasteiger partial charge in [-0.1, -0.05) is 45.2 Å². The zero-order valence-electron chi connectivity index (χ0n) is 13.7. The number of hydrogen-bond donors (Lipinski definition) is 1. The fourth-order valence-corrected chi connectivity index (χ4v) is 3.31. The Kier molecular flexibility index (Phi) is 4.91. The van der Waals surface area contributed by atoms with Gasteiger partial charge in [-0.15, -0.1) is 0 Å². The van der Waals surface area contributed by atoms with Crippen LogP contribution in [-0.2, 0) is 0 Å². The molecule has 0 amide bonds. The number of phenolic OH excluding ortho intramolecular Hbond substituents is 1. The first-order valence-electron chi connectivity index (χ1n) is 7.89. The highest BCUT2D eigenvalue weighted by Gasteiger charge is 2.13. The molecule has 0 saturated heterocycles. The monoisotopic (exact) mass is 460 g/mol. The molecule has 4 aromatic rings. The van der Waals surface area contributed by atoms with Crippen LogP contribution in [0.5, 0.6) is 5.75 Å². The summed E-state index contributed by atoms with van der Waals surface area (Å²) in [4.78, 5) is 8.90. The number of aromatic nitrogens is 1. The highest BCUT2D eigenvalue weighted by atomic mass is 79.9. The molecule has 27 heavy (non-hydrogen) atoms. The van der Waals surface area contributed by atoms with E-state index in [0.717, 1.165) is 4.47 Å². The van der Waals surface area contributed by atoms with Gasteiger partial charge in [-0.05, 0) is 48.5 Å². The molecule has 1 heterocycles. The summed E-state index contributed by atoms with van der Waals surface area (Å²) in [6, 6.07) is 15.8. The molecule has 0 aliphatic heterocycles. The third kappa shape index (κ3) is 3.72. The lowest BCUT2D eigenvalue weighted by molar-refractivity contribution is 0.474. The molecule has 0 aliphatic rings. The van der Waals surface area contributed by atoms with Crippen LogP contribution in [0.15, 0.2) is 68.5 Å². The van der Waals surface area contributed by atoms with E-state index in [9.17, 15) is 5.11 Å². The molecule has 3 aromatic carbocycles. The second kappa shape index (κ2) is 7.35. The third-order valence-corrected chi connectivity index (χ3v) is 5.21. The van der Waals surface area contributed by atoms with Gasteiger partial charge in [-0.3, -0.25) is 4.99 Å². The molecule has 0 saturated carbocycles. The quantitative estimate of drug-likeness (QED) is 0.333. The largest absolute Gasteiger partial charge is 0.507 e. The van der Waals surface area contributed by atoms with E-state index >= 15 is 0 Å². The number of hydrogen-bond acceptors (Lipinski definition) is 4. The van der Waals surface area contributed by atoms with Crippen molar-refractivity contribution in [2.75, 3.05) is 0 Å². The molecule has 0 fully saturated rings. The molecule has 4 rings (SSSR count). The maximum atomic E-state index is 9.90. The molecule has 1 aromatic heterocycles. The molecular weight excluding hydrogens is 451 g/mol. The SMILES string of the molecule is Oc1ccc(Br)cc1C=Nc1ccc2oc(-c3cccc(Cl)c3Cl)nc2c1. The summed E-state index contributed by atoms with van der Waals surface area (Å²) in [6.07, 6.45) is 1.59. The minimum atomic E-state index is 0.155. The molecule has 0 radical (unpaired) electrons. The van der Waals surface area contributed by atoms with Crippen molar-refractivity contribution in [1.29, 1.82) is 0 Å². The van der Waals surface area contributed by atoms with Gasteiger partial charge < -0.3 is 9.52 Å². The highest BCUT2D eigenvalue weighted by molar-refractivity contribution is 9.10. The molecule has 0 aliphatic carbocycles. The third-order valence-electron chi connectivity index (χ3n) is 3.90. The molecule has 0 unspecified atom stereocenters. The molecule has 134 valence electrons. The Bertz CT molecular complexity index is 1190. The first-order chi connectivity index (χ1) is 13.0. The van der Waals surface area contributed by atoms with E-state index in [1.165, 1.54) is 0 Å². The zero-order chi connectivity index (χ0) is 19.0. The van der Waals surface area contributed by atoms with Crippen molar-refractivity contribution in [3.8, 4) is 17.2 Å². The van der Waals surface area contributed by atoms with E-state index in [1.54, 1.807) is 54.7 Å². The summed E-state index contributed by atoms with van der Waals surface area (Å²) >= 11 is 15.7. The number of nitrogens with zero attached hydrogens (tertiary/aromatic N) is 2. The number of benzene rings is 3. The number of oxazole rings is 1. The lowest BCUT2D eigenvalue weighted by atomic mass is 10.2. The Hall–Kier alpha value is -2.34. The predicted octanol–water partition coefficient (Wildman–Crippen LogP) is 7.02. The Morgan fingerprint density at radius 2 is 1.93 bits per heavy atom. The Balaban J connectivity index is 1.70. The average molecular weight is 462 g/mol. The summed E-state index contributed by atoms with van der Waals surface area (Å²) in [5.74, 6) is 0.547. The number of aromatic hydroxyl groups is 1. The summed E-state index contributed by atoms with van der Waals surface area (Å²) in [7, 11) is 0. The van der Waals surface area contributed by atoms with Crippen LogP contribution in [0.25, 0.3) is 22.6 Å². The van der Waals surface area contributed by atoms with E-state index in [0.29, 0.717) is 43.9 Å². The van der Waals surface area contributed by atoms with Crippen LogP contribution in [0, 0.1) is 0 Å². The number of rotatable bonds is 3. The van der Waals surface area contributed by atoms with E-state index in [4.69, 9.17) is 27.6 Å². The first kappa shape index (κ1) is 18.0. The highest BCUT2D eigenvalue weighted by Crippen LogP contribution is 2.35. The number of aliphatic imine (C=N–C) groups is 1. The molecule has 7 heteroatoms. The Morgan fingerprint density at radius 3 is 2.78 bits per heavy atom. The average Bonchev–Trinajstić information content (AvgIpc) is 3.07. The number of phenols is 1. The summed E-state index contributed by atoms with van der Waals surface area (Å²) in [6.45, 7) is 0. The van der Waals surface area contributed by atoms with Crippen LogP contribution >= 0.6 is 39.1 Å². The molecular formula is C20H11BrCl2N2O2. The van der Waals surface area contributed by atoms with Crippen molar-refractivity contribution < 1.29 is 9.52 Å². The minimum absolute atomic E-state index is 0.155. The van der Waals surface area contributed by atoms with Gasteiger partial charge in [0.1, 0.15) is 11.3 Å². The van der Waals surface area contributed by atoms with Crippen LogP contribution in [0.4, 0.5) is 5.69 Å². The second-order valence-electron chi connectivity index (χ2n) is 5.73. The summed E-state index contributed by atoms with van der Waals surface area (Å²) in [5.41, 5.74) is 3.18. The lowest BCUT2D eigenvalue weighted by Gasteiger charge is -2.00.